The molecule has 2 rings (SSSR count). The van der Waals surface area contributed by atoms with E-state index in [-0.39, 0.29) is 6.03 Å². The van der Waals surface area contributed by atoms with Crippen LogP contribution in [0.5, 0.6) is 0 Å². The minimum Gasteiger partial charge on any atom is -0.381 e. The van der Waals surface area contributed by atoms with Gasteiger partial charge >= 0.3 is 6.03 Å². The first-order chi connectivity index (χ1) is 11.1. The second kappa shape index (κ2) is 9.27. The Morgan fingerprint density at radius 3 is 2.83 bits per heavy atom. The van der Waals surface area contributed by atoms with Gasteiger partial charge in [-0.1, -0.05) is 44.2 Å². The Kier molecular flexibility index (Phi) is 7.03. The lowest BCUT2D eigenvalue weighted by atomic mass is 10.2. The summed E-state index contributed by atoms with van der Waals surface area (Å²) in [6.45, 7) is 6.23. The van der Waals surface area contributed by atoms with Gasteiger partial charge in [-0.3, -0.25) is 5.32 Å². The zero-order valence-corrected chi connectivity index (χ0v) is 14.4. The molecule has 2 amide bonds. The lowest BCUT2D eigenvalue weighted by Crippen LogP contribution is -2.30. The fourth-order valence-electron chi connectivity index (χ4n) is 1.91. The van der Waals surface area contributed by atoms with E-state index in [2.05, 4.69) is 29.5 Å². The molecule has 0 aliphatic carbocycles. The first-order valence-corrected chi connectivity index (χ1v) is 8.66. The molecule has 5 nitrogen and oxygen atoms in total. The summed E-state index contributed by atoms with van der Waals surface area (Å²) in [4.78, 5) is 16.2. The molecular formula is C17H23N3O2S. The van der Waals surface area contributed by atoms with Gasteiger partial charge in [-0.15, -0.1) is 11.3 Å². The molecule has 1 aromatic heterocycles. The molecule has 23 heavy (non-hydrogen) atoms. The molecule has 0 bridgehead atoms. The Hall–Kier alpha value is -1.92. The molecule has 1 aromatic carbocycles. The van der Waals surface area contributed by atoms with Crippen LogP contribution in [0.15, 0.2) is 35.7 Å². The van der Waals surface area contributed by atoms with Gasteiger partial charge in [0.1, 0.15) is 0 Å². The van der Waals surface area contributed by atoms with E-state index in [1.807, 2.05) is 35.7 Å². The predicted molar refractivity (Wildman–Crippen MR) is 94.8 cm³/mol. The average Bonchev–Trinajstić information content (AvgIpc) is 3.00. The number of nitrogens with one attached hydrogen (secondary N) is 2. The number of hydrogen-bond acceptors (Lipinski definition) is 4. The Balaban J connectivity index is 1.69. The van der Waals surface area contributed by atoms with Crippen molar-refractivity contribution in [3.63, 3.8) is 0 Å². The smallest absolute Gasteiger partial charge is 0.321 e. The first kappa shape index (κ1) is 17.4. The third-order valence-electron chi connectivity index (χ3n) is 3.00. The van der Waals surface area contributed by atoms with Crippen LogP contribution in [0.1, 0.15) is 20.3 Å². The van der Waals surface area contributed by atoms with Gasteiger partial charge in [-0.2, -0.15) is 0 Å². The number of ether oxygens (including phenoxy) is 1. The van der Waals surface area contributed by atoms with Crippen molar-refractivity contribution in [2.75, 3.05) is 25.1 Å². The lowest BCUT2D eigenvalue weighted by molar-refractivity contribution is 0.108. The van der Waals surface area contributed by atoms with Crippen LogP contribution in [0.25, 0.3) is 11.3 Å². The summed E-state index contributed by atoms with van der Waals surface area (Å²) in [5, 5.41) is 8.09. The topological polar surface area (TPSA) is 63.2 Å². The molecule has 1 heterocycles. The van der Waals surface area contributed by atoms with E-state index in [1.54, 1.807) is 0 Å². The number of hydrogen-bond donors (Lipinski definition) is 2. The van der Waals surface area contributed by atoms with E-state index >= 15 is 0 Å². The summed E-state index contributed by atoms with van der Waals surface area (Å²) in [6, 6.07) is 9.66. The molecular weight excluding hydrogens is 310 g/mol. The largest absolute Gasteiger partial charge is 0.381 e. The van der Waals surface area contributed by atoms with E-state index in [9.17, 15) is 4.79 Å². The Labute approximate surface area is 141 Å². The van der Waals surface area contributed by atoms with E-state index in [0.29, 0.717) is 24.2 Å². The van der Waals surface area contributed by atoms with Crippen LogP contribution in [0.2, 0.25) is 0 Å². The number of nitrogens with zero attached hydrogens (tertiary/aromatic N) is 1. The van der Waals surface area contributed by atoms with Gasteiger partial charge < -0.3 is 10.1 Å². The molecule has 0 fully saturated rings. The molecule has 0 atom stereocenters. The SMILES string of the molecule is CC(C)COCCCNC(=O)Nc1nc(-c2ccccc2)cs1. The van der Waals surface area contributed by atoms with Crippen LogP contribution in [-0.2, 0) is 4.74 Å². The number of amides is 2. The Bertz CT molecular complexity index is 599. The van der Waals surface area contributed by atoms with Gasteiger partial charge in [0.15, 0.2) is 5.13 Å². The number of benzene rings is 1. The van der Waals surface area contributed by atoms with E-state index in [4.69, 9.17) is 4.74 Å². The monoisotopic (exact) mass is 333 g/mol. The highest BCUT2D eigenvalue weighted by molar-refractivity contribution is 7.14. The third-order valence-corrected chi connectivity index (χ3v) is 3.75. The van der Waals surface area contributed by atoms with E-state index in [0.717, 1.165) is 24.3 Å². The number of aromatic nitrogens is 1. The number of carbonyl (C=O) groups is 1. The fourth-order valence-corrected chi connectivity index (χ4v) is 2.62. The maximum absolute atomic E-state index is 11.8. The van der Waals surface area contributed by atoms with Crippen LogP contribution >= 0.6 is 11.3 Å². The average molecular weight is 333 g/mol. The zero-order valence-electron chi connectivity index (χ0n) is 13.5. The maximum atomic E-state index is 11.8. The highest BCUT2D eigenvalue weighted by atomic mass is 32.1. The van der Waals surface area contributed by atoms with Crippen molar-refractivity contribution < 1.29 is 9.53 Å². The van der Waals surface area contributed by atoms with Gasteiger partial charge in [0.05, 0.1) is 5.69 Å². The first-order valence-electron chi connectivity index (χ1n) is 7.78. The van der Waals surface area contributed by atoms with Crippen LogP contribution in [-0.4, -0.2) is 30.8 Å². The number of anilines is 1. The summed E-state index contributed by atoms with van der Waals surface area (Å²) < 4.78 is 5.47. The van der Waals surface area contributed by atoms with Crippen molar-refractivity contribution in [3.8, 4) is 11.3 Å². The summed E-state index contributed by atoms with van der Waals surface area (Å²) in [7, 11) is 0. The van der Waals surface area contributed by atoms with Gasteiger partial charge in [0.2, 0.25) is 0 Å². The lowest BCUT2D eigenvalue weighted by Gasteiger charge is -2.07. The molecule has 6 heteroatoms. The molecule has 0 saturated carbocycles. The van der Waals surface area contributed by atoms with E-state index < -0.39 is 0 Å². The molecule has 0 radical (unpaired) electrons. The minimum atomic E-state index is -0.233. The van der Waals surface area contributed by atoms with Crippen molar-refractivity contribution in [1.82, 2.24) is 10.3 Å². The second-order valence-corrected chi connectivity index (χ2v) is 6.47. The van der Waals surface area contributed by atoms with Crippen LogP contribution in [0.4, 0.5) is 9.93 Å². The van der Waals surface area contributed by atoms with Crippen molar-refractivity contribution in [3.05, 3.63) is 35.7 Å². The molecule has 124 valence electrons. The summed E-state index contributed by atoms with van der Waals surface area (Å²) in [5.74, 6) is 0.537. The van der Waals surface area contributed by atoms with Gasteiger partial charge in [0, 0.05) is 30.7 Å². The van der Waals surface area contributed by atoms with Crippen molar-refractivity contribution in [2.24, 2.45) is 5.92 Å². The molecule has 0 aliphatic rings. The number of thiazole rings is 1. The van der Waals surface area contributed by atoms with Crippen LogP contribution in [0.3, 0.4) is 0 Å². The quantitative estimate of drug-likeness (QED) is 0.718. The normalized spacial score (nSPS) is 10.7. The maximum Gasteiger partial charge on any atom is 0.321 e. The van der Waals surface area contributed by atoms with Gasteiger partial charge in [0.25, 0.3) is 0 Å². The minimum absolute atomic E-state index is 0.233. The fraction of sp³-hybridized carbons (Fsp3) is 0.412. The Morgan fingerprint density at radius 2 is 2.09 bits per heavy atom. The highest BCUT2D eigenvalue weighted by Gasteiger charge is 2.07. The molecule has 0 spiro atoms. The summed E-state index contributed by atoms with van der Waals surface area (Å²) in [5.41, 5.74) is 1.91. The summed E-state index contributed by atoms with van der Waals surface area (Å²) >= 11 is 1.42. The summed E-state index contributed by atoms with van der Waals surface area (Å²) in [6.07, 6.45) is 0.799. The molecule has 2 aromatic rings. The van der Waals surface area contributed by atoms with Gasteiger partial charge in [-0.25, -0.2) is 9.78 Å². The Morgan fingerprint density at radius 1 is 1.30 bits per heavy atom. The molecule has 0 saturated heterocycles. The highest BCUT2D eigenvalue weighted by Crippen LogP contribution is 2.24. The van der Waals surface area contributed by atoms with Crippen LogP contribution in [0, 0.1) is 5.92 Å². The van der Waals surface area contributed by atoms with Crippen molar-refractivity contribution in [2.45, 2.75) is 20.3 Å². The van der Waals surface area contributed by atoms with E-state index in [1.165, 1.54) is 11.3 Å². The third kappa shape index (κ3) is 6.38. The number of rotatable bonds is 8. The zero-order chi connectivity index (χ0) is 16.5. The molecule has 0 aliphatic heterocycles. The molecule has 0 unspecified atom stereocenters. The number of carbonyl (C=O) groups excluding carboxylic acids is 1. The number of urea groups is 1. The van der Waals surface area contributed by atoms with Crippen molar-refractivity contribution in [1.29, 1.82) is 0 Å². The predicted octanol–water partition coefficient (Wildman–Crippen LogP) is 3.99. The molecule has 2 N–H and O–H groups in total. The van der Waals surface area contributed by atoms with Crippen LogP contribution < -0.4 is 10.6 Å². The van der Waals surface area contributed by atoms with Crippen molar-refractivity contribution >= 4 is 22.5 Å². The second-order valence-electron chi connectivity index (χ2n) is 5.61. The van der Waals surface area contributed by atoms with Gasteiger partial charge in [-0.05, 0) is 12.3 Å². The standard InChI is InChI=1S/C17H23N3O2S/c1-13(2)11-22-10-6-9-18-16(21)20-17-19-15(12-23-17)14-7-4-3-5-8-14/h3-5,7-8,12-13H,6,9-11H2,1-2H3,(H2,18,19,20,21).